The topological polar surface area (TPSA) is 26.3 Å². The summed E-state index contributed by atoms with van der Waals surface area (Å²) in [5, 5.41) is 0. The van der Waals surface area contributed by atoms with Crippen molar-refractivity contribution in [2.75, 3.05) is 6.61 Å². The van der Waals surface area contributed by atoms with Gasteiger partial charge in [-0.2, -0.15) is 0 Å². The maximum atomic E-state index is 12.7. The maximum absolute atomic E-state index is 12.7. The van der Waals surface area contributed by atoms with Crippen molar-refractivity contribution in [3.63, 3.8) is 0 Å². The lowest BCUT2D eigenvalue weighted by molar-refractivity contribution is -0.146. The molecular weight excluding hydrogens is 171 g/mol. The molecule has 13 heavy (non-hydrogen) atoms. The van der Waals surface area contributed by atoms with Gasteiger partial charge in [0.05, 0.1) is 5.92 Å². The minimum atomic E-state index is -0.824. The Morgan fingerprint density at radius 3 is 2.92 bits per heavy atom. The Morgan fingerprint density at radius 1 is 1.62 bits per heavy atom. The van der Waals surface area contributed by atoms with Crippen LogP contribution in [0.3, 0.4) is 0 Å². The lowest BCUT2D eigenvalue weighted by Gasteiger charge is -2.06. The quantitative estimate of drug-likeness (QED) is 0.482. The summed E-state index contributed by atoms with van der Waals surface area (Å²) in [4.78, 5) is 11.2. The summed E-state index contributed by atoms with van der Waals surface area (Å²) in [6.07, 6.45) is 0.590. The molecule has 0 aliphatic heterocycles. The normalized spacial score (nSPS) is 26.3. The Morgan fingerprint density at radius 2 is 2.38 bits per heavy atom. The Bertz CT molecular complexity index is 239. The van der Waals surface area contributed by atoms with Crippen LogP contribution in [-0.2, 0) is 9.53 Å². The zero-order valence-corrected chi connectivity index (χ0v) is 7.68. The molecule has 2 atom stereocenters. The van der Waals surface area contributed by atoms with Gasteiger partial charge in [-0.05, 0) is 26.2 Å². The third-order valence-electron chi connectivity index (χ3n) is 2.17. The second kappa shape index (κ2) is 4.86. The molecule has 0 amide bonds. The van der Waals surface area contributed by atoms with Gasteiger partial charge in [-0.25, -0.2) is 4.39 Å². The van der Waals surface area contributed by atoms with Crippen LogP contribution in [0.2, 0.25) is 0 Å². The Kier molecular flexibility index (Phi) is 3.75. The molecule has 0 aromatic carbocycles. The van der Waals surface area contributed by atoms with Crippen molar-refractivity contribution in [1.29, 1.82) is 0 Å². The zero-order valence-electron chi connectivity index (χ0n) is 7.68. The fourth-order valence-electron chi connectivity index (χ4n) is 1.44. The molecule has 0 N–H and O–H groups in total. The number of esters is 1. The summed E-state index contributed by atoms with van der Waals surface area (Å²) < 4.78 is 17.5. The SMILES string of the molecule is CC#CCOC(=O)C1CCC(F)C1. The minimum absolute atomic E-state index is 0.128. The number of carbonyl (C=O) groups excluding carboxylic acids is 1. The first-order valence-electron chi connectivity index (χ1n) is 4.44. The number of halogens is 1. The van der Waals surface area contributed by atoms with E-state index in [0.29, 0.717) is 19.3 Å². The average molecular weight is 184 g/mol. The first-order valence-corrected chi connectivity index (χ1v) is 4.44. The summed E-state index contributed by atoms with van der Waals surface area (Å²) in [7, 11) is 0. The molecule has 0 spiro atoms. The van der Waals surface area contributed by atoms with Crippen molar-refractivity contribution >= 4 is 5.97 Å². The number of alkyl halides is 1. The lowest BCUT2D eigenvalue weighted by Crippen LogP contribution is -2.15. The number of hydrogen-bond donors (Lipinski definition) is 0. The fraction of sp³-hybridized carbons (Fsp3) is 0.700. The van der Waals surface area contributed by atoms with Gasteiger partial charge in [-0.3, -0.25) is 4.79 Å². The molecule has 0 aromatic rings. The van der Waals surface area contributed by atoms with Crippen LogP contribution >= 0.6 is 0 Å². The van der Waals surface area contributed by atoms with Crippen LogP contribution in [0, 0.1) is 17.8 Å². The van der Waals surface area contributed by atoms with E-state index in [1.165, 1.54) is 0 Å². The molecule has 0 heterocycles. The van der Waals surface area contributed by atoms with E-state index in [9.17, 15) is 9.18 Å². The Balaban J connectivity index is 2.26. The third kappa shape index (κ3) is 3.06. The average Bonchev–Trinajstić information content (AvgIpc) is 2.52. The standard InChI is InChI=1S/C10H13FO2/c1-2-3-6-13-10(12)8-4-5-9(11)7-8/h8-9H,4-7H2,1H3. The minimum Gasteiger partial charge on any atom is -0.452 e. The summed E-state index contributed by atoms with van der Waals surface area (Å²) in [5.41, 5.74) is 0. The first kappa shape index (κ1) is 10.0. The molecule has 72 valence electrons. The molecular formula is C10H13FO2. The number of hydrogen-bond acceptors (Lipinski definition) is 2. The van der Waals surface area contributed by atoms with Gasteiger partial charge in [-0.15, -0.1) is 5.92 Å². The highest BCUT2D eigenvalue weighted by Gasteiger charge is 2.30. The molecule has 0 aromatic heterocycles. The molecule has 1 aliphatic carbocycles. The van der Waals surface area contributed by atoms with Crippen LogP contribution in [-0.4, -0.2) is 18.7 Å². The molecule has 0 radical (unpaired) electrons. The number of carbonyl (C=O) groups is 1. The monoisotopic (exact) mass is 184 g/mol. The second-order valence-corrected chi connectivity index (χ2v) is 3.14. The van der Waals surface area contributed by atoms with Crippen molar-refractivity contribution in [3.8, 4) is 11.8 Å². The Labute approximate surface area is 77.5 Å². The van der Waals surface area contributed by atoms with Gasteiger partial charge in [0, 0.05) is 0 Å². The zero-order chi connectivity index (χ0) is 9.68. The third-order valence-corrected chi connectivity index (χ3v) is 2.17. The predicted molar refractivity (Wildman–Crippen MR) is 46.6 cm³/mol. The van der Waals surface area contributed by atoms with Crippen molar-refractivity contribution in [1.82, 2.24) is 0 Å². The van der Waals surface area contributed by atoms with Gasteiger partial charge in [-0.1, -0.05) is 5.92 Å². The van der Waals surface area contributed by atoms with Crippen molar-refractivity contribution in [2.45, 2.75) is 32.4 Å². The maximum Gasteiger partial charge on any atom is 0.310 e. The summed E-state index contributed by atoms with van der Waals surface area (Å²) in [6, 6.07) is 0. The molecule has 1 saturated carbocycles. The highest BCUT2D eigenvalue weighted by Crippen LogP contribution is 2.28. The van der Waals surface area contributed by atoms with Crippen LogP contribution < -0.4 is 0 Å². The van der Waals surface area contributed by atoms with Crippen LogP contribution in [0.1, 0.15) is 26.2 Å². The van der Waals surface area contributed by atoms with Gasteiger partial charge in [0.1, 0.15) is 6.17 Å². The first-order chi connectivity index (χ1) is 6.24. The van der Waals surface area contributed by atoms with Gasteiger partial charge >= 0.3 is 5.97 Å². The highest BCUT2D eigenvalue weighted by molar-refractivity contribution is 5.73. The van der Waals surface area contributed by atoms with Crippen LogP contribution in [0.15, 0.2) is 0 Å². The molecule has 2 unspecified atom stereocenters. The van der Waals surface area contributed by atoms with Crippen molar-refractivity contribution < 1.29 is 13.9 Å². The van der Waals surface area contributed by atoms with E-state index in [4.69, 9.17) is 4.74 Å². The molecule has 1 rings (SSSR count). The summed E-state index contributed by atoms with van der Waals surface area (Å²) in [6.45, 7) is 1.81. The van der Waals surface area contributed by atoms with E-state index in [1.54, 1.807) is 6.92 Å². The predicted octanol–water partition coefficient (Wildman–Crippen LogP) is 1.69. The van der Waals surface area contributed by atoms with Crippen LogP contribution in [0.5, 0.6) is 0 Å². The second-order valence-electron chi connectivity index (χ2n) is 3.14. The summed E-state index contributed by atoms with van der Waals surface area (Å²) in [5.74, 6) is 4.70. The molecule has 1 aliphatic rings. The van der Waals surface area contributed by atoms with Crippen molar-refractivity contribution in [3.05, 3.63) is 0 Å². The summed E-state index contributed by atoms with van der Waals surface area (Å²) >= 11 is 0. The highest BCUT2D eigenvalue weighted by atomic mass is 19.1. The fourth-order valence-corrected chi connectivity index (χ4v) is 1.44. The van der Waals surface area contributed by atoms with E-state index in [0.717, 1.165) is 0 Å². The van der Waals surface area contributed by atoms with Crippen LogP contribution in [0.4, 0.5) is 4.39 Å². The number of ether oxygens (including phenoxy) is 1. The molecule has 3 heteroatoms. The van der Waals surface area contributed by atoms with E-state index < -0.39 is 6.17 Å². The van der Waals surface area contributed by atoms with E-state index in [2.05, 4.69) is 11.8 Å². The number of rotatable bonds is 2. The van der Waals surface area contributed by atoms with Gasteiger partial charge in [0.2, 0.25) is 0 Å². The van der Waals surface area contributed by atoms with Crippen molar-refractivity contribution in [2.24, 2.45) is 5.92 Å². The largest absolute Gasteiger partial charge is 0.452 e. The van der Waals surface area contributed by atoms with E-state index in [1.807, 2.05) is 0 Å². The van der Waals surface area contributed by atoms with E-state index in [-0.39, 0.29) is 18.5 Å². The van der Waals surface area contributed by atoms with E-state index >= 15 is 0 Å². The molecule has 0 saturated heterocycles. The van der Waals surface area contributed by atoms with Gasteiger partial charge in [0.15, 0.2) is 6.61 Å². The van der Waals surface area contributed by atoms with Gasteiger partial charge in [0.25, 0.3) is 0 Å². The van der Waals surface area contributed by atoms with Crippen LogP contribution in [0.25, 0.3) is 0 Å². The molecule has 0 bridgehead atoms. The van der Waals surface area contributed by atoms with Gasteiger partial charge < -0.3 is 4.74 Å². The lowest BCUT2D eigenvalue weighted by atomic mass is 10.1. The molecule has 1 fully saturated rings. The molecule has 2 nitrogen and oxygen atoms in total. The Hall–Kier alpha value is -1.04. The smallest absolute Gasteiger partial charge is 0.310 e.